The van der Waals surface area contributed by atoms with Crippen LogP contribution in [0.5, 0.6) is 0 Å². The lowest BCUT2D eigenvalue weighted by Crippen LogP contribution is -2.33. The normalized spacial score (nSPS) is 13.6. The van der Waals surface area contributed by atoms with Gasteiger partial charge in [0, 0.05) is 24.5 Å². The van der Waals surface area contributed by atoms with Crippen molar-refractivity contribution < 1.29 is 14.4 Å². The van der Waals surface area contributed by atoms with Gasteiger partial charge in [0.25, 0.3) is 0 Å². The second-order valence-electron chi connectivity index (χ2n) is 6.13. The molecule has 0 bridgehead atoms. The Morgan fingerprint density at radius 2 is 2.10 bits per heavy atom. The van der Waals surface area contributed by atoms with Gasteiger partial charge in [-0.25, -0.2) is 5.01 Å². The number of nitrogens with zero attached hydrogens (tertiary/aromatic N) is 6. The zero-order chi connectivity index (χ0) is 20.1. The third kappa shape index (κ3) is 4.04. The number of rotatable bonds is 5. The largest absolute Gasteiger partial charge is 0.470 e. The Morgan fingerprint density at radius 3 is 2.86 bits per heavy atom. The van der Waals surface area contributed by atoms with Gasteiger partial charge in [0.1, 0.15) is 13.2 Å². The standard InChI is InChI=1S/C20H18N6O3/c1-21-23-19(18-10-16(12-27)29-25-18)26-11-14-6-2-3-8-17(14)20(24-26)28-13-15-7-4-5-9-22-15/h2-10,27H,1,11-13H2/b23-19-. The molecule has 0 unspecified atom stereocenters. The number of fused-ring (bicyclic) bond motifs is 1. The van der Waals surface area contributed by atoms with E-state index in [4.69, 9.17) is 9.26 Å². The highest BCUT2D eigenvalue weighted by molar-refractivity contribution is 6.01. The molecule has 1 aromatic carbocycles. The minimum absolute atomic E-state index is 0.270. The van der Waals surface area contributed by atoms with Gasteiger partial charge in [-0.15, -0.1) is 10.2 Å². The molecule has 0 fully saturated rings. The van der Waals surface area contributed by atoms with Crippen LogP contribution in [0, 0.1) is 0 Å². The molecule has 1 aliphatic rings. The number of hydrazone groups is 1. The Balaban J connectivity index is 1.67. The van der Waals surface area contributed by atoms with Crippen molar-refractivity contribution >= 4 is 18.5 Å². The van der Waals surface area contributed by atoms with Gasteiger partial charge in [-0.2, -0.15) is 5.10 Å². The topological polar surface area (TPSA) is 109 Å². The van der Waals surface area contributed by atoms with Crippen LogP contribution in [0.3, 0.4) is 0 Å². The summed E-state index contributed by atoms with van der Waals surface area (Å²) in [5.41, 5.74) is 3.06. The fourth-order valence-electron chi connectivity index (χ4n) is 2.88. The molecule has 0 saturated carbocycles. The Morgan fingerprint density at radius 1 is 1.24 bits per heavy atom. The van der Waals surface area contributed by atoms with Gasteiger partial charge in [-0.3, -0.25) is 4.98 Å². The molecule has 9 nitrogen and oxygen atoms in total. The molecule has 29 heavy (non-hydrogen) atoms. The summed E-state index contributed by atoms with van der Waals surface area (Å²) in [5, 5.41) is 27.1. The van der Waals surface area contributed by atoms with Crippen LogP contribution in [0.4, 0.5) is 0 Å². The molecule has 146 valence electrons. The van der Waals surface area contributed by atoms with Crippen molar-refractivity contribution in [3.8, 4) is 0 Å². The van der Waals surface area contributed by atoms with Crippen LogP contribution in [-0.2, 0) is 24.5 Å². The molecule has 0 spiro atoms. The van der Waals surface area contributed by atoms with Crippen molar-refractivity contribution in [3.63, 3.8) is 0 Å². The number of aliphatic hydroxyl groups excluding tert-OH is 1. The highest BCUT2D eigenvalue weighted by Gasteiger charge is 2.26. The van der Waals surface area contributed by atoms with E-state index in [1.807, 2.05) is 42.5 Å². The van der Waals surface area contributed by atoms with Crippen molar-refractivity contribution in [2.75, 3.05) is 0 Å². The summed E-state index contributed by atoms with van der Waals surface area (Å²) < 4.78 is 11.1. The van der Waals surface area contributed by atoms with E-state index in [1.165, 1.54) is 0 Å². The van der Waals surface area contributed by atoms with Crippen LogP contribution in [0.2, 0.25) is 0 Å². The molecular weight excluding hydrogens is 372 g/mol. The van der Waals surface area contributed by atoms with Crippen LogP contribution in [0.15, 0.2) is 74.6 Å². The van der Waals surface area contributed by atoms with Gasteiger partial charge in [0.05, 0.1) is 12.2 Å². The summed E-state index contributed by atoms with van der Waals surface area (Å²) in [7, 11) is 0. The van der Waals surface area contributed by atoms with Crippen LogP contribution < -0.4 is 0 Å². The molecule has 9 heteroatoms. The van der Waals surface area contributed by atoms with Crippen molar-refractivity contribution in [2.45, 2.75) is 19.8 Å². The lowest BCUT2D eigenvalue weighted by molar-refractivity contribution is 0.228. The first-order valence-corrected chi connectivity index (χ1v) is 8.86. The van der Waals surface area contributed by atoms with Crippen LogP contribution in [0.1, 0.15) is 28.3 Å². The van der Waals surface area contributed by atoms with E-state index in [0.29, 0.717) is 29.7 Å². The first-order valence-electron chi connectivity index (χ1n) is 8.86. The zero-order valence-electron chi connectivity index (χ0n) is 15.5. The predicted molar refractivity (Wildman–Crippen MR) is 106 cm³/mol. The van der Waals surface area contributed by atoms with E-state index in [9.17, 15) is 5.11 Å². The second kappa shape index (κ2) is 8.44. The third-order valence-corrected chi connectivity index (χ3v) is 4.22. The lowest BCUT2D eigenvalue weighted by Gasteiger charge is -2.26. The fourth-order valence-corrected chi connectivity index (χ4v) is 2.88. The molecule has 1 N–H and O–H groups in total. The number of ether oxygens (including phenoxy) is 1. The Bertz CT molecular complexity index is 1060. The number of benzene rings is 1. The first-order chi connectivity index (χ1) is 14.3. The molecule has 0 aliphatic carbocycles. The predicted octanol–water partition coefficient (Wildman–Crippen LogP) is 2.32. The van der Waals surface area contributed by atoms with E-state index in [-0.39, 0.29) is 13.2 Å². The van der Waals surface area contributed by atoms with Gasteiger partial charge in [-0.05, 0) is 23.8 Å². The van der Waals surface area contributed by atoms with Gasteiger partial charge in [-0.1, -0.05) is 29.4 Å². The summed E-state index contributed by atoms with van der Waals surface area (Å²) in [5.74, 6) is 1.07. The molecule has 3 heterocycles. The number of pyridine rings is 1. The number of aliphatic hydroxyl groups is 1. The number of hydrogen-bond acceptors (Lipinski definition) is 8. The van der Waals surface area contributed by atoms with Gasteiger partial charge in [0.15, 0.2) is 11.5 Å². The Hall–Kier alpha value is -3.85. The summed E-state index contributed by atoms with van der Waals surface area (Å²) in [6.07, 6.45) is 1.71. The molecule has 4 rings (SSSR count). The number of hydrogen-bond donors (Lipinski definition) is 1. The van der Waals surface area contributed by atoms with Gasteiger partial charge < -0.3 is 14.4 Å². The minimum atomic E-state index is -0.271. The average Bonchev–Trinajstić information content (AvgIpc) is 3.25. The summed E-state index contributed by atoms with van der Waals surface area (Å²) >= 11 is 0. The second-order valence-corrected chi connectivity index (χ2v) is 6.13. The highest BCUT2D eigenvalue weighted by Crippen LogP contribution is 2.22. The van der Waals surface area contributed by atoms with Crippen LogP contribution in [0.25, 0.3) is 0 Å². The maximum absolute atomic E-state index is 9.25. The maximum atomic E-state index is 9.25. The Kier molecular flexibility index (Phi) is 5.39. The van der Waals surface area contributed by atoms with Crippen molar-refractivity contribution in [1.82, 2.24) is 15.1 Å². The zero-order valence-corrected chi connectivity index (χ0v) is 15.5. The monoisotopic (exact) mass is 390 g/mol. The molecule has 2 aromatic heterocycles. The summed E-state index contributed by atoms with van der Waals surface area (Å²) in [4.78, 5) is 4.28. The van der Waals surface area contributed by atoms with E-state index in [2.05, 4.69) is 32.2 Å². The minimum Gasteiger partial charge on any atom is -0.470 e. The van der Waals surface area contributed by atoms with Gasteiger partial charge >= 0.3 is 0 Å². The molecule has 0 saturated heterocycles. The molecule has 0 atom stereocenters. The molecule has 0 radical (unpaired) electrons. The fraction of sp³-hybridized carbons (Fsp3) is 0.150. The quantitative estimate of drug-likeness (QED) is 0.407. The summed E-state index contributed by atoms with van der Waals surface area (Å²) in [6, 6.07) is 15.0. The smallest absolute Gasteiger partial charge is 0.239 e. The Labute approximate surface area is 166 Å². The van der Waals surface area contributed by atoms with E-state index >= 15 is 0 Å². The van der Waals surface area contributed by atoms with Gasteiger partial charge in [0.2, 0.25) is 11.7 Å². The van der Waals surface area contributed by atoms with Crippen LogP contribution in [-0.4, -0.2) is 38.7 Å². The van der Waals surface area contributed by atoms with E-state index in [1.54, 1.807) is 17.3 Å². The van der Waals surface area contributed by atoms with E-state index in [0.717, 1.165) is 16.8 Å². The van der Waals surface area contributed by atoms with Crippen LogP contribution >= 0.6 is 0 Å². The third-order valence-electron chi connectivity index (χ3n) is 4.22. The molecular formula is C20H18N6O3. The average molecular weight is 390 g/mol. The van der Waals surface area contributed by atoms with E-state index < -0.39 is 0 Å². The van der Waals surface area contributed by atoms with Crippen molar-refractivity contribution in [1.29, 1.82) is 0 Å². The highest BCUT2D eigenvalue weighted by atomic mass is 16.5. The first kappa shape index (κ1) is 18.5. The number of aromatic nitrogens is 2. The van der Waals surface area contributed by atoms with Crippen molar-refractivity contribution in [2.24, 2.45) is 15.3 Å². The summed E-state index contributed by atoms with van der Waals surface area (Å²) in [6.45, 7) is 3.86. The molecule has 0 amide bonds. The molecule has 1 aliphatic heterocycles. The SMILES string of the molecule is C=N/N=C(/c1cc(CO)on1)N1Cc2ccccc2C(OCc2ccccn2)=N1. The maximum Gasteiger partial charge on any atom is 0.239 e. The number of amidine groups is 1. The van der Waals surface area contributed by atoms with Crippen molar-refractivity contribution in [3.05, 3.63) is 83.0 Å². The molecule has 3 aromatic rings. The lowest BCUT2D eigenvalue weighted by atomic mass is 10.1.